The van der Waals surface area contributed by atoms with Crippen LogP contribution in [0.2, 0.25) is 0 Å². The number of carbonyl (C=O) groups is 2. The van der Waals surface area contributed by atoms with Gasteiger partial charge < -0.3 is 14.5 Å². The van der Waals surface area contributed by atoms with E-state index in [1.165, 1.54) is 13.0 Å². The van der Waals surface area contributed by atoms with Crippen LogP contribution < -0.4 is 10.9 Å². The Morgan fingerprint density at radius 2 is 2.11 bits per heavy atom. The summed E-state index contributed by atoms with van der Waals surface area (Å²) in [4.78, 5) is 37.6. The smallest absolute Gasteiger partial charge is 0.336 e. The molecule has 0 bridgehead atoms. The van der Waals surface area contributed by atoms with E-state index >= 15 is 0 Å². The molecule has 7 heteroatoms. The highest BCUT2D eigenvalue weighted by Gasteiger charge is 2.30. The number of esters is 1. The minimum atomic E-state index is -0.456. The second kappa shape index (κ2) is 8.35. The van der Waals surface area contributed by atoms with Gasteiger partial charge in [0.15, 0.2) is 0 Å². The van der Waals surface area contributed by atoms with Crippen molar-refractivity contribution in [3.8, 4) is 0 Å². The Morgan fingerprint density at radius 1 is 1.30 bits per heavy atom. The molecule has 144 valence electrons. The number of carbonyl (C=O) groups excluding carboxylic acids is 2. The van der Waals surface area contributed by atoms with Gasteiger partial charge in [0.25, 0.3) is 0 Å². The molecule has 1 N–H and O–H groups in total. The molecule has 1 aromatic carbocycles. The van der Waals surface area contributed by atoms with Gasteiger partial charge in [-0.25, -0.2) is 4.79 Å². The number of benzene rings is 1. The second-order valence-corrected chi connectivity index (χ2v) is 6.72. The minimum absolute atomic E-state index is 0.196. The van der Waals surface area contributed by atoms with Crippen molar-refractivity contribution in [3.63, 3.8) is 0 Å². The van der Waals surface area contributed by atoms with Crippen LogP contribution in [-0.4, -0.2) is 36.0 Å². The molecule has 1 saturated heterocycles. The van der Waals surface area contributed by atoms with Gasteiger partial charge in [0.05, 0.1) is 6.61 Å². The van der Waals surface area contributed by atoms with Gasteiger partial charge in [0.1, 0.15) is 11.6 Å². The van der Waals surface area contributed by atoms with Crippen LogP contribution in [0.25, 0.3) is 11.0 Å². The highest BCUT2D eigenvalue weighted by atomic mass is 16.5. The summed E-state index contributed by atoms with van der Waals surface area (Å²) in [6.07, 6.45) is 2.74. The first-order valence-electron chi connectivity index (χ1n) is 9.23. The van der Waals surface area contributed by atoms with Gasteiger partial charge in [-0.1, -0.05) is 6.42 Å². The first-order valence-corrected chi connectivity index (χ1v) is 9.23. The molecule has 0 spiro atoms. The lowest BCUT2D eigenvalue weighted by Gasteiger charge is -2.34. The zero-order chi connectivity index (χ0) is 19.4. The van der Waals surface area contributed by atoms with Gasteiger partial charge in [0.2, 0.25) is 5.91 Å². The van der Waals surface area contributed by atoms with Crippen LogP contribution in [0.4, 0.5) is 5.69 Å². The number of amides is 1. The average Bonchev–Trinajstić information content (AvgIpc) is 2.61. The molecule has 2 aromatic rings. The molecule has 0 saturated carbocycles. The van der Waals surface area contributed by atoms with Crippen LogP contribution in [0.5, 0.6) is 0 Å². The fourth-order valence-corrected chi connectivity index (χ4v) is 3.55. The molecular formula is C20H24N2O5. The summed E-state index contributed by atoms with van der Waals surface area (Å²) < 4.78 is 10.5. The third-order valence-electron chi connectivity index (χ3n) is 4.70. The van der Waals surface area contributed by atoms with Crippen molar-refractivity contribution in [1.29, 1.82) is 0 Å². The molecule has 27 heavy (non-hydrogen) atoms. The number of hydrogen-bond acceptors (Lipinski definition) is 6. The monoisotopic (exact) mass is 372 g/mol. The Morgan fingerprint density at radius 3 is 2.85 bits per heavy atom. The van der Waals surface area contributed by atoms with Gasteiger partial charge in [-0.15, -0.1) is 0 Å². The van der Waals surface area contributed by atoms with Crippen LogP contribution >= 0.6 is 0 Å². The van der Waals surface area contributed by atoms with Crippen molar-refractivity contribution >= 4 is 28.5 Å². The molecule has 1 aliphatic heterocycles. The lowest BCUT2D eigenvalue weighted by Crippen LogP contribution is -2.45. The zero-order valence-electron chi connectivity index (χ0n) is 15.6. The van der Waals surface area contributed by atoms with Gasteiger partial charge in [-0.05, 0) is 44.0 Å². The molecule has 0 unspecified atom stereocenters. The summed E-state index contributed by atoms with van der Waals surface area (Å²) >= 11 is 0. The van der Waals surface area contributed by atoms with Gasteiger partial charge in [0, 0.05) is 36.7 Å². The number of anilines is 1. The van der Waals surface area contributed by atoms with E-state index in [1.807, 2.05) is 6.07 Å². The molecular weight excluding hydrogens is 348 g/mol. The highest BCUT2D eigenvalue weighted by molar-refractivity contribution is 5.92. The first-order chi connectivity index (χ1) is 13.0. The number of nitrogens with one attached hydrogen (secondary N) is 1. The molecule has 7 nitrogen and oxygen atoms in total. The Balaban J connectivity index is 1.92. The first kappa shape index (κ1) is 19.1. The number of piperidine rings is 1. The number of rotatable bonds is 5. The third kappa shape index (κ3) is 4.54. The van der Waals surface area contributed by atoms with E-state index in [-0.39, 0.29) is 17.9 Å². The maximum atomic E-state index is 12.3. The Bertz CT molecular complexity index is 905. The fraction of sp³-hybridized carbons (Fsp3) is 0.450. The van der Waals surface area contributed by atoms with E-state index in [4.69, 9.17) is 9.15 Å². The Hall–Kier alpha value is -2.67. The third-order valence-corrected chi connectivity index (χ3v) is 4.70. The summed E-state index contributed by atoms with van der Waals surface area (Å²) in [5, 5.41) is 3.47. The molecule has 1 amide bonds. The van der Waals surface area contributed by atoms with Crippen LogP contribution in [0.1, 0.15) is 38.7 Å². The SMILES string of the molecule is CCOC(=O)[C@@H]1CCCCN1Cc1cc(=O)oc2cc(NC(C)=O)ccc12. The minimum Gasteiger partial charge on any atom is -0.465 e. The van der Waals surface area contributed by atoms with Crippen molar-refractivity contribution < 1.29 is 18.7 Å². The van der Waals surface area contributed by atoms with Crippen LogP contribution in [0.15, 0.2) is 33.5 Å². The molecule has 1 aromatic heterocycles. The van der Waals surface area contributed by atoms with E-state index < -0.39 is 5.63 Å². The average molecular weight is 372 g/mol. The van der Waals surface area contributed by atoms with E-state index in [2.05, 4.69) is 10.2 Å². The predicted octanol–water partition coefficient (Wildman–Crippen LogP) is 2.67. The second-order valence-electron chi connectivity index (χ2n) is 6.72. The standard InChI is InChI=1S/C20H24N2O5/c1-3-26-20(25)17-6-4-5-9-22(17)12-14-10-19(24)27-18-11-15(21-13(2)23)7-8-16(14)18/h7-8,10-11,17H,3-6,9,12H2,1-2H3,(H,21,23)/t17-/m0/s1. The van der Waals surface area contributed by atoms with Crippen molar-refractivity contribution in [1.82, 2.24) is 4.90 Å². The molecule has 1 fully saturated rings. The predicted molar refractivity (Wildman–Crippen MR) is 101 cm³/mol. The Labute approximate surface area is 157 Å². The van der Waals surface area contributed by atoms with Gasteiger partial charge >= 0.3 is 11.6 Å². The summed E-state index contributed by atoms with van der Waals surface area (Å²) in [5.74, 6) is -0.407. The molecule has 1 aliphatic rings. The van der Waals surface area contributed by atoms with Gasteiger partial charge in [-0.3, -0.25) is 14.5 Å². The molecule has 3 rings (SSSR count). The lowest BCUT2D eigenvalue weighted by atomic mass is 10.0. The molecule has 0 radical (unpaired) electrons. The summed E-state index contributed by atoms with van der Waals surface area (Å²) in [6, 6.07) is 6.41. The number of fused-ring (bicyclic) bond motifs is 1. The van der Waals surface area contributed by atoms with Crippen LogP contribution in [0, 0.1) is 0 Å². The largest absolute Gasteiger partial charge is 0.465 e. The van der Waals surface area contributed by atoms with Gasteiger partial charge in [-0.2, -0.15) is 0 Å². The maximum Gasteiger partial charge on any atom is 0.336 e. The summed E-state index contributed by atoms with van der Waals surface area (Å²) in [5.41, 5.74) is 1.32. The highest BCUT2D eigenvalue weighted by Crippen LogP contribution is 2.26. The number of hydrogen-bond donors (Lipinski definition) is 1. The quantitative estimate of drug-likeness (QED) is 0.641. The summed E-state index contributed by atoms with van der Waals surface area (Å²) in [7, 11) is 0. The fourth-order valence-electron chi connectivity index (χ4n) is 3.55. The van der Waals surface area contributed by atoms with Crippen molar-refractivity contribution in [2.24, 2.45) is 0 Å². The zero-order valence-corrected chi connectivity index (χ0v) is 15.6. The number of nitrogens with zero attached hydrogens (tertiary/aromatic N) is 1. The maximum absolute atomic E-state index is 12.3. The van der Waals surface area contributed by atoms with E-state index in [0.717, 1.165) is 36.8 Å². The van der Waals surface area contributed by atoms with Crippen molar-refractivity contribution in [2.45, 2.75) is 45.7 Å². The van der Waals surface area contributed by atoms with Crippen molar-refractivity contribution in [3.05, 3.63) is 40.2 Å². The van der Waals surface area contributed by atoms with Crippen LogP contribution in [0.3, 0.4) is 0 Å². The van der Waals surface area contributed by atoms with E-state index in [0.29, 0.717) is 24.4 Å². The van der Waals surface area contributed by atoms with Crippen molar-refractivity contribution in [2.75, 3.05) is 18.5 Å². The summed E-state index contributed by atoms with van der Waals surface area (Å²) in [6.45, 7) is 4.81. The number of ether oxygens (including phenoxy) is 1. The number of likely N-dealkylation sites (tertiary alicyclic amines) is 1. The van der Waals surface area contributed by atoms with E-state index in [1.54, 1.807) is 19.1 Å². The molecule has 1 atom stereocenters. The van der Waals surface area contributed by atoms with Crippen LogP contribution in [-0.2, 0) is 20.9 Å². The van der Waals surface area contributed by atoms with E-state index in [9.17, 15) is 14.4 Å². The molecule has 2 heterocycles. The molecule has 0 aliphatic carbocycles. The topological polar surface area (TPSA) is 88.8 Å². The Kier molecular flexibility index (Phi) is 5.91. The normalized spacial score (nSPS) is 17.6. The lowest BCUT2D eigenvalue weighted by molar-refractivity contribution is -0.151.